The van der Waals surface area contributed by atoms with Crippen LogP contribution in [-0.2, 0) is 9.53 Å². The first kappa shape index (κ1) is 17.4. The lowest BCUT2D eigenvalue weighted by Crippen LogP contribution is -2.41. The minimum atomic E-state index is -0.176. The smallest absolute Gasteiger partial charge is 0.322 e. The number of nitrogens with zero attached hydrogens (tertiary/aromatic N) is 2. The zero-order chi connectivity index (χ0) is 15.0. The Bertz CT molecular complexity index is 278. The Hall–Kier alpha value is -0.650. The van der Waals surface area contributed by atoms with Gasteiger partial charge in [-0.25, -0.2) is 0 Å². The standard InChI is InChI=1S/C15H31N3O2/c1-5-16-14(15(19)20-4)8-11-18(3)12-13-6-9-17(2)10-7-13/h13-14,16H,5-12H2,1-4H3. The Labute approximate surface area is 123 Å². The zero-order valence-corrected chi connectivity index (χ0v) is 13.5. The van der Waals surface area contributed by atoms with Gasteiger partial charge in [0, 0.05) is 6.54 Å². The average molecular weight is 285 g/mol. The molecule has 118 valence electrons. The molecule has 1 N–H and O–H groups in total. The Morgan fingerprint density at radius 1 is 1.45 bits per heavy atom. The number of hydrogen-bond acceptors (Lipinski definition) is 5. The van der Waals surface area contributed by atoms with Crippen LogP contribution in [0, 0.1) is 5.92 Å². The van der Waals surface area contributed by atoms with E-state index in [0.29, 0.717) is 0 Å². The summed E-state index contributed by atoms with van der Waals surface area (Å²) in [5.41, 5.74) is 0. The molecular formula is C15H31N3O2. The van der Waals surface area contributed by atoms with Gasteiger partial charge in [0.15, 0.2) is 0 Å². The molecule has 1 unspecified atom stereocenters. The van der Waals surface area contributed by atoms with E-state index in [-0.39, 0.29) is 12.0 Å². The van der Waals surface area contributed by atoms with Crippen LogP contribution in [0.15, 0.2) is 0 Å². The van der Waals surface area contributed by atoms with Gasteiger partial charge in [-0.05, 0) is 65.5 Å². The van der Waals surface area contributed by atoms with Crippen LogP contribution in [0.4, 0.5) is 0 Å². The van der Waals surface area contributed by atoms with Gasteiger partial charge in [-0.3, -0.25) is 4.79 Å². The number of rotatable bonds is 8. The molecule has 5 nitrogen and oxygen atoms in total. The number of likely N-dealkylation sites (tertiary alicyclic amines) is 1. The summed E-state index contributed by atoms with van der Waals surface area (Å²) in [6.07, 6.45) is 3.38. The summed E-state index contributed by atoms with van der Waals surface area (Å²) in [6.45, 7) is 7.28. The Morgan fingerprint density at radius 2 is 2.10 bits per heavy atom. The summed E-state index contributed by atoms with van der Waals surface area (Å²) in [6, 6.07) is -0.176. The molecule has 0 amide bonds. The van der Waals surface area contributed by atoms with Crippen LogP contribution in [0.1, 0.15) is 26.2 Å². The molecular weight excluding hydrogens is 254 g/mol. The third-order valence-corrected chi connectivity index (χ3v) is 4.14. The summed E-state index contributed by atoms with van der Waals surface area (Å²) in [5.74, 6) is 0.645. The van der Waals surface area contributed by atoms with Gasteiger partial charge in [0.1, 0.15) is 6.04 Å². The number of carbonyl (C=O) groups excluding carboxylic acids is 1. The van der Waals surface area contributed by atoms with E-state index in [9.17, 15) is 4.79 Å². The van der Waals surface area contributed by atoms with E-state index in [1.165, 1.54) is 33.0 Å². The van der Waals surface area contributed by atoms with Gasteiger partial charge < -0.3 is 19.9 Å². The van der Waals surface area contributed by atoms with Crippen molar-refractivity contribution in [1.82, 2.24) is 15.1 Å². The number of esters is 1. The van der Waals surface area contributed by atoms with Crippen LogP contribution >= 0.6 is 0 Å². The highest BCUT2D eigenvalue weighted by molar-refractivity contribution is 5.75. The molecule has 1 heterocycles. The maximum atomic E-state index is 11.6. The number of likely N-dealkylation sites (N-methyl/N-ethyl adjacent to an activating group) is 1. The fourth-order valence-electron chi connectivity index (χ4n) is 2.82. The molecule has 0 aromatic rings. The van der Waals surface area contributed by atoms with Crippen molar-refractivity contribution in [2.24, 2.45) is 5.92 Å². The van der Waals surface area contributed by atoms with Crippen LogP contribution in [-0.4, -0.2) is 75.7 Å². The number of hydrogen-bond donors (Lipinski definition) is 1. The molecule has 0 bridgehead atoms. The number of methoxy groups -OCH3 is 1. The molecule has 0 saturated carbocycles. The second-order valence-corrected chi connectivity index (χ2v) is 5.93. The monoisotopic (exact) mass is 285 g/mol. The molecule has 5 heteroatoms. The lowest BCUT2D eigenvalue weighted by molar-refractivity contribution is -0.143. The molecule has 0 aromatic heterocycles. The summed E-state index contributed by atoms with van der Waals surface area (Å²) in [4.78, 5) is 16.4. The predicted octanol–water partition coefficient (Wildman–Crippen LogP) is 0.801. The van der Waals surface area contributed by atoms with Crippen LogP contribution in [0.2, 0.25) is 0 Å². The largest absolute Gasteiger partial charge is 0.468 e. The SMILES string of the molecule is CCNC(CCN(C)CC1CCN(C)CC1)C(=O)OC. The molecule has 0 aliphatic carbocycles. The van der Waals surface area contributed by atoms with Crippen molar-refractivity contribution >= 4 is 5.97 Å². The van der Waals surface area contributed by atoms with Crippen LogP contribution in [0.3, 0.4) is 0 Å². The van der Waals surface area contributed by atoms with Crippen molar-refractivity contribution in [3.05, 3.63) is 0 Å². The third-order valence-electron chi connectivity index (χ3n) is 4.14. The first-order valence-corrected chi connectivity index (χ1v) is 7.75. The molecule has 20 heavy (non-hydrogen) atoms. The van der Waals surface area contributed by atoms with E-state index >= 15 is 0 Å². The van der Waals surface area contributed by atoms with Crippen molar-refractivity contribution < 1.29 is 9.53 Å². The zero-order valence-electron chi connectivity index (χ0n) is 13.5. The Kier molecular flexibility index (Phi) is 8.11. The van der Waals surface area contributed by atoms with E-state index in [2.05, 4.69) is 29.2 Å². The first-order chi connectivity index (χ1) is 9.56. The van der Waals surface area contributed by atoms with Crippen molar-refractivity contribution in [3.63, 3.8) is 0 Å². The van der Waals surface area contributed by atoms with Gasteiger partial charge in [-0.1, -0.05) is 6.92 Å². The second-order valence-electron chi connectivity index (χ2n) is 5.93. The van der Waals surface area contributed by atoms with E-state index in [4.69, 9.17) is 4.74 Å². The third kappa shape index (κ3) is 6.20. The number of piperidine rings is 1. The highest BCUT2D eigenvalue weighted by atomic mass is 16.5. The fraction of sp³-hybridized carbons (Fsp3) is 0.933. The minimum Gasteiger partial charge on any atom is -0.468 e. The lowest BCUT2D eigenvalue weighted by Gasteiger charge is -2.32. The second kappa shape index (κ2) is 9.32. The molecule has 1 fully saturated rings. The van der Waals surface area contributed by atoms with E-state index in [1.54, 1.807) is 0 Å². The van der Waals surface area contributed by atoms with E-state index < -0.39 is 0 Å². The molecule has 1 rings (SSSR count). The first-order valence-electron chi connectivity index (χ1n) is 7.75. The van der Waals surface area contributed by atoms with Gasteiger partial charge in [0.25, 0.3) is 0 Å². The number of ether oxygens (including phenoxy) is 1. The summed E-state index contributed by atoms with van der Waals surface area (Å²) < 4.78 is 4.83. The summed E-state index contributed by atoms with van der Waals surface area (Å²) in [7, 11) is 5.80. The fourth-order valence-corrected chi connectivity index (χ4v) is 2.82. The molecule has 0 aromatic carbocycles. The Morgan fingerprint density at radius 3 is 2.65 bits per heavy atom. The highest BCUT2D eigenvalue weighted by Gasteiger charge is 2.21. The minimum absolute atomic E-state index is 0.153. The highest BCUT2D eigenvalue weighted by Crippen LogP contribution is 2.16. The molecule has 1 saturated heterocycles. The molecule has 0 radical (unpaired) electrons. The number of carbonyl (C=O) groups is 1. The van der Waals surface area contributed by atoms with Crippen molar-refractivity contribution in [3.8, 4) is 0 Å². The van der Waals surface area contributed by atoms with Crippen molar-refractivity contribution in [2.45, 2.75) is 32.2 Å². The normalized spacial score (nSPS) is 19.2. The van der Waals surface area contributed by atoms with Crippen molar-refractivity contribution in [2.75, 3.05) is 53.9 Å². The van der Waals surface area contributed by atoms with Crippen molar-refractivity contribution in [1.29, 1.82) is 0 Å². The van der Waals surface area contributed by atoms with Gasteiger partial charge in [-0.15, -0.1) is 0 Å². The van der Waals surface area contributed by atoms with Crippen LogP contribution in [0.25, 0.3) is 0 Å². The summed E-state index contributed by atoms with van der Waals surface area (Å²) >= 11 is 0. The van der Waals surface area contributed by atoms with Gasteiger partial charge in [0.2, 0.25) is 0 Å². The van der Waals surface area contributed by atoms with E-state index in [0.717, 1.165) is 32.0 Å². The van der Waals surface area contributed by atoms with Gasteiger partial charge in [-0.2, -0.15) is 0 Å². The average Bonchev–Trinajstić information content (AvgIpc) is 2.45. The maximum absolute atomic E-state index is 11.6. The lowest BCUT2D eigenvalue weighted by atomic mass is 9.96. The number of nitrogens with one attached hydrogen (secondary N) is 1. The maximum Gasteiger partial charge on any atom is 0.322 e. The quantitative estimate of drug-likeness (QED) is 0.668. The van der Waals surface area contributed by atoms with Gasteiger partial charge >= 0.3 is 5.97 Å². The molecule has 1 aliphatic rings. The summed E-state index contributed by atoms with van der Waals surface area (Å²) in [5, 5.41) is 3.19. The topological polar surface area (TPSA) is 44.8 Å². The van der Waals surface area contributed by atoms with E-state index in [1.807, 2.05) is 6.92 Å². The van der Waals surface area contributed by atoms with Crippen LogP contribution < -0.4 is 5.32 Å². The predicted molar refractivity (Wildman–Crippen MR) is 81.8 cm³/mol. The Balaban J connectivity index is 2.26. The molecule has 1 aliphatic heterocycles. The van der Waals surface area contributed by atoms with Crippen LogP contribution in [0.5, 0.6) is 0 Å². The van der Waals surface area contributed by atoms with Gasteiger partial charge in [0.05, 0.1) is 7.11 Å². The molecule has 0 spiro atoms. The molecule has 1 atom stereocenters.